The standard InChI is InChI=1S/C16H22IN3S/c1-11(2)10-18-9-5-8-14-19-20-16(21-14)13-7-4-6-12(3)15(13)17/h4,6-7,11,18H,5,8-10H2,1-3H3. The lowest BCUT2D eigenvalue weighted by atomic mass is 10.1. The van der Waals surface area contributed by atoms with Crippen molar-refractivity contribution in [2.24, 2.45) is 5.92 Å². The molecule has 2 aromatic rings. The maximum Gasteiger partial charge on any atom is 0.148 e. The molecule has 3 nitrogen and oxygen atoms in total. The van der Waals surface area contributed by atoms with Crippen molar-refractivity contribution in [2.45, 2.75) is 33.6 Å². The quantitative estimate of drug-likeness (QED) is 0.542. The van der Waals surface area contributed by atoms with Crippen LogP contribution in [0.5, 0.6) is 0 Å². The minimum absolute atomic E-state index is 0.710. The maximum absolute atomic E-state index is 4.36. The summed E-state index contributed by atoms with van der Waals surface area (Å²) in [5, 5.41) is 14.3. The maximum atomic E-state index is 4.36. The lowest BCUT2D eigenvalue weighted by Gasteiger charge is -2.05. The molecule has 0 saturated heterocycles. The Morgan fingerprint density at radius 2 is 2.10 bits per heavy atom. The Hall–Kier alpha value is -0.530. The summed E-state index contributed by atoms with van der Waals surface area (Å²) in [6.45, 7) is 8.73. The molecule has 1 aromatic carbocycles. The van der Waals surface area contributed by atoms with E-state index in [4.69, 9.17) is 0 Å². The van der Waals surface area contributed by atoms with E-state index in [2.05, 4.69) is 77.1 Å². The Kier molecular flexibility index (Phi) is 6.57. The molecule has 1 aromatic heterocycles. The molecule has 0 fully saturated rings. The van der Waals surface area contributed by atoms with E-state index in [1.165, 1.54) is 14.7 Å². The Labute approximate surface area is 144 Å². The Morgan fingerprint density at radius 1 is 1.29 bits per heavy atom. The summed E-state index contributed by atoms with van der Waals surface area (Å²) < 4.78 is 1.27. The number of hydrogen-bond acceptors (Lipinski definition) is 4. The molecular weight excluding hydrogens is 393 g/mol. The van der Waals surface area contributed by atoms with Crippen molar-refractivity contribution in [1.82, 2.24) is 15.5 Å². The first-order valence-electron chi connectivity index (χ1n) is 7.36. The highest BCUT2D eigenvalue weighted by Gasteiger charge is 2.10. The number of halogens is 1. The second kappa shape index (κ2) is 8.19. The average molecular weight is 415 g/mol. The van der Waals surface area contributed by atoms with E-state index in [0.717, 1.165) is 35.9 Å². The first kappa shape index (κ1) is 16.8. The molecule has 0 radical (unpaired) electrons. The number of hydrogen-bond donors (Lipinski definition) is 1. The summed E-state index contributed by atoms with van der Waals surface area (Å²) in [5.74, 6) is 0.710. The van der Waals surface area contributed by atoms with E-state index in [1.54, 1.807) is 11.3 Å². The van der Waals surface area contributed by atoms with Gasteiger partial charge in [0.1, 0.15) is 10.0 Å². The van der Waals surface area contributed by atoms with Gasteiger partial charge < -0.3 is 5.32 Å². The summed E-state index contributed by atoms with van der Waals surface area (Å²) in [6.07, 6.45) is 2.12. The van der Waals surface area contributed by atoms with Crippen LogP contribution in [0.4, 0.5) is 0 Å². The summed E-state index contributed by atoms with van der Waals surface area (Å²) >= 11 is 4.11. The van der Waals surface area contributed by atoms with Gasteiger partial charge in [-0.3, -0.25) is 0 Å². The predicted octanol–water partition coefficient (Wildman–Crippen LogP) is 4.30. The zero-order valence-corrected chi connectivity index (χ0v) is 15.8. The van der Waals surface area contributed by atoms with Gasteiger partial charge in [0, 0.05) is 15.6 Å². The van der Waals surface area contributed by atoms with Crippen LogP contribution in [0, 0.1) is 16.4 Å². The molecule has 0 aliphatic heterocycles. The van der Waals surface area contributed by atoms with Gasteiger partial charge in [0.05, 0.1) is 0 Å². The van der Waals surface area contributed by atoms with E-state index >= 15 is 0 Å². The Balaban J connectivity index is 1.91. The zero-order valence-electron chi connectivity index (χ0n) is 12.8. The lowest BCUT2D eigenvalue weighted by molar-refractivity contribution is 0.542. The molecule has 0 bridgehead atoms. The number of rotatable bonds is 7. The van der Waals surface area contributed by atoms with Gasteiger partial charge in [0.2, 0.25) is 0 Å². The third-order valence-electron chi connectivity index (χ3n) is 3.19. The monoisotopic (exact) mass is 415 g/mol. The predicted molar refractivity (Wildman–Crippen MR) is 98.8 cm³/mol. The highest BCUT2D eigenvalue weighted by atomic mass is 127. The fraction of sp³-hybridized carbons (Fsp3) is 0.500. The fourth-order valence-corrected chi connectivity index (χ4v) is 3.74. The van der Waals surface area contributed by atoms with Crippen LogP contribution in [-0.2, 0) is 6.42 Å². The van der Waals surface area contributed by atoms with Gasteiger partial charge in [0.25, 0.3) is 0 Å². The van der Waals surface area contributed by atoms with Gasteiger partial charge in [-0.05, 0) is 60.5 Å². The van der Waals surface area contributed by atoms with Gasteiger partial charge >= 0.3 is 0 Å². The van der Waals surface area contributed by atoms with Gasteiger partial charge in [-0.1, -0.05) is 43.4 Å². The van der Waals surface area contributed by atoms with Crippen molar-refractivity contribution in [3.63, 3.8) is 0 Å². The van der Waals surface area contributed by atoms with E-state index in [1.807, 2.05) is 0 Å². The normalized spacial score (nSPS) is 11.3. The average Bonchev–Trinajstić information content (AvgIpc) is 2.90. The molecule has 2 rings (SSSR count). The van der Waals surface area contributed by atoms with Crippen LogP contribution in [0.25, 0.3) is 10.6 Å². The van der Waals surface area contributed by atoms with Crippen molar-refractivity contribution < 1.29 is 0 Å². The molecule has 0 saturated carbocycles. The molecule has 5 heteroatoms. The van der Waals surface area contributed by atoms with Crippen molar-refractivity contribution in [1.29, 1.82) is 0 Å². The number of aromatic nitrogens is 2. The molecule has 114 valence electrons. The van der Waals surface area contributed by atoms with E-state index in [0.29, 0.717) is 5.92 Å². The Morgan fingerprint density at radius 3 is 2.86 bits per heavy atom. The third kappa shape index (κ3) is 5.00. The first-order valence-corrected chi connectivity index (χ1v) is 9.26. The molecule has 0 atom stereocenters. The molecule has 0 aliphatic carbocycles. The second-order valence-corrected chi connectivity index (χ2v) is 7.78. The molecule has 1 heterocycles. The molecule has 0 amide bonds. The van der Waals surface area contributed by atoms with Gasteiger partial charge in [-0.2, -0.15) is 0 Å². The number of benzene rings is 1. The van der Waals surface area contributed by atoms with Crippen LogP contribution in [0.2, 0.25) is 0 Å². The molecule has 1 N–H and O–H groups in total. The minimum Gasteiger partial charge on any atom is -0.316 e. The highest BCUT2D eigenvalue weighted by molar-refractivity contribution is 14.1. The Bertz CT molecular complexity index is 581. The topological polar surface area (TPSA) is 37.8 Å². The van der Waals surface area contributed by atoms with E-state index in [9.17, 15) is 0 Å². The van der Waals surface area contributed by atoms with Gasteiger partial charge in [-0.15, -0.1) is 10.2 Å². The third-order valence-corrected chi connectivity index (χ3v) is 5.63. The summed E-state index contributed by atoms with van der Waals surface area (Å²) in [5.41, 5.74) is 2.50. The first-order chi connectivity index (χ1) is 10.1. The van der Waals surface area contributed by atoms with Crippen LogP contribution >= 0.6 is 33.9 Å². The van der Waals surface area contributed by atoms with Crippen LogP contribution in [0.15, 0.2) is 18.2 Å². The molecule has 0 spiro atoms. The molecular formula is C16H22IN3S. The largest absolute Gasteiger partial charge is 0.316 e. The zero-order chi connectivity index (χ0) is 15.2. The van der Waals surface area contributed by atoms with Crippen LogP contribution in [-0.4, -0.2) is 23.3 Å². The SMILES string of the molecule is Cc1cccc(-c2nnc(CCCNCC(C)C)s2)c1I. The van der Waals surface area contributed by atoms with Crippen LogP contribution < -0.4 is 5.32 Å². The van der Waals surface area contributed by atoms with E-state index < -0.39 is 0 Å². The summed E-state index contributed by atoms with van der Waals surface area (Å²) in [7, 11) is 0. The van der Waals surface area contributed by atoms with Crippen molar-refractivity contribution in [2.75, 3.05) is 13.1 Å². The summed E-state index contributed by atoms with van der Waals surface area (Å²) in [6, 6.07) is 6.35. The van der Waals surface area contributed by atoms with Crippen molar-refractivity contribution >= 4 is 33.9 Å². The lowest BCUT2D eigenvalue weighted by Crippen LogP contribution is -2.21. The number of aryl methyl sites for hydroxylation is 2. The fourth-order valence-electron chi connectivity index (χ4n) is 2.03. The van der Waals surface area contributed by atoms with E-state index in [-0.39, 0.29) is 0 Å². The molecule has 0 aliphatic rings. The molecule has 21 heavy (non-hydrogen) atoms. The van der Waals surface area contributed by atoms with Gasteiger partial charge in [-0.25, -0.2) is 0 Å². The minimum atomic E-state index is 0.710. The number of nitrogens with zero attached hydrogens (tertiary/aromatic N) is 2. The van der Waals surface area contributed by atoms with Crippen molar-refractivity contribution in [3.05, 3.63) is 32.3 Å². The van der Waals surface area contributed by atoms with Crippen LogP contribution in [0.3, 0.4) is 0 Å². The smallest absolute Gasteiger partial charge is 0.148 e. The van der Waals surface area contributed by atoms with Crippen molar-refractivity contribution in [3.8, 4) is 10.6 Å². The highest BCUT2D eigenvalue weighted by Crippen LogP contribution is 2.30. The van der Waals surface area contributed by atoms with Gasteiger partial charge in [0.15, 0.2) is 0 Å². The number of nitrogens with one attached hydrogen (secondary N) is 1. The van der Waals surface area contributed by atoms with Crippen LogP contribution in [0.1, 0.15) is 30.8 Å². The second-order valence-electron chi connectivity index (χ2n) is 5.64. The summed E-state index contributed by atoms with van der Waals surface area (Å²) in [4.78, 5) is 0. The molecule has 0 unspecified atom stereocenters.